The molecule has 0 aromatic heterocycles. The molecule has 0 saturated carbocycles. The van der Waals surface area contributed by atoms with E-state index in [0.29, 0.717) is 36.6 Å². The number of anilines is 2. The van der Waals surface area contributed by atoms with Gasteiger partial charge in [-0.15, -0.1) is 0 Å². The van der Waals surface area contributed by atoms with Gasteiger partial charge < -0.3 is 24.8 Å². The van der Waals surface area contributed by atoms with E-state index in [9.17, 15) is 9.59 Å². The van der Waals surface area contributed by atoms with E-state index in [1.54, 1.807) is 32.2 Å². The molecule has 27 heavy (non-hydrogen) atoms. The minimum absolute atomic E-state index is 0.121. The normalized spacial score (nSPS) is 15.2. The summed E-state index contributed by atoms with van der Waals surface area (Å²) in [5, 5.41) is 5.57. The monoisotopic (exact) mass is 370 g/mol. The first-order valence-electron chi connectivity index (χ1n) is 8.73. The first-order chi connectivity index (χ1) is 13.0. The molecule has 1 atom stereocenters. The number of hydrogen-bond donors (Lipinski definition) is 2. The molecule has 1 heterocycles. The second kappa shape index (κ2) is 8.44. The molecule has 3 rings (SSSR count). The first-order valence-corrected chi connectivity index (χ1v) is 8.73. The molecule has 142 valence electrons. The average Bonchev–Trinajstić information content (AvgIpc) is 2.67. The highest BCUT2D eigenvalue weighted by Crippen LogP contribution is 2.32. The highest BCUT2D eigenvalue weighted by atomic mass is 16.5. The summed E-state index contributed by atoms with van der Waals surface area (Å²) in [6, 6.07) is 12.4. The maximum Gasteiger partial charge on any atom is 0.265 e. The van der Waals surface area contributed by atoms with Crippen molar-refractivity contribution < 1.29 is 23.8 Å². The second-order valence-electron chi connectivity index (χ2n) is 6.14. The number of ether oxygens (including phenoxy) is 3. The standard InChI is InChI=1S/C20H22N2O5/c1-13-20(24)22-17-12-14(5-10-18(17)27-13)21-19(23)4-3-11-26-16-8-6-15(25-2)7-9-16/h5-10,12-13H,3-4,11H2,1-2H3,(H,21,23)(H,22,24)/t13-/m0/s1. The molecule has 2 aromatic carbocycles. The summed E-state index contributed by atoms with van der Waals surface area (Å²) in [7, 11) is 1.61. The van der Waals surface area contributed by atoms with Crippen LogP contribution in [0.1, 0.15) is 19.8 Å². The summed E-state index contributed by atoms with van der Waals surface area (Å²) in [6.45, 7) is 2.12. The van der Waals surface area contributed by atoms with E-state index in [-0.39, 0.29) is 11.8 Å². The summed E-state index contributed by atoms with van der Waals surface area (Å²) >= 11 is 0. The molecular weight excluding hydrogens is 348 g/mol. The van der Waals surface area contributed by atoms with Crippen LogP contribution in [0.5, 0.6) is 17.2 Å². The van der Waals surface area contributed by atoms with E-state index in [4.69, 9.17) is 14.2 Å². The zero-order chi connectivity index (χ0) is 19.2. The fourth-order valence-electron chi connectivity index (χ4n) is 2.60. The molecule has 0 aliphatic carbocycles. The molecule has 2 aromatic rings. The predicted octanol–water partition coefficient (Wildman–Crippen LogP) is 3.21. The van der Waals surface area contributed by atoms with Crippen LogP contribution in [0, 0.1) is 0 Å². The Bertz CT molecular complexity index is 820. The Morgan fingerprint density at radius 1 is 1.19 bits per heavy atom. The van der Waals surface area contributed by atoms with Gasteiger partial charge in [-0.1, -0.05) is 0 Å². The quantitative estimate of drug-likeness (QED) is 0.731. The van der Waals surface area contributed by atoms with Gasteiger partial charge in [-0.25, -0.2) is 0 Å². The van der Waals surface area contributed by atoms with Crippen LogP contribution in [-0.2, 0) is 9.59 Å². The van der Waals surface area contributed by atoms with Gasteiger partial charge in [0.1, 0.15) is 17.2 Å². The van der Waals surface area contributed by atoms with E-state index in [1.165, 1.54) is 0 Å². The molecular formula is C20H22N2O5. The highest BCUT2D eigenvalue weighted by molar-refractivity contribution is 5.99. The summed E-state index contributed by atoms with van der Waals surface area (Å²) in [5.41, 5.74) is 1.16. The van der Waals surface area contributed by atoms with Gasteiger partial charge in [0.2, 0.25) is 5.91 Å². The van der Waals surface area contributed by atoms with Crippen LogP contribution < -0.4 is 24.8 Å². The molecule has 0 saturated heterocycles. The Morgan fingerprint density at radius 2 is 1.93 bits per heavy atom. The summed E-state index contributed by atoms with van der Waals surface area (Å²) in [6.07, 6.45) is 0.386. The van der Waals surface area contributed by atoms with Gasteiger partial charge in [-0.05, 0) is 55.8 Å². The van der Waals surface area contributed by atoms with E-state index in [1.807, 2.05) is 24.3 Å². The maximum absolute atomic E-state index is 12.1. The van der Waals surface area contributed by atoms with Crippen LogP contribution in [0.4, 0.5) is 11.4 Å². The van der Waals surface area contributed by atoms with Crippen molar-refractivity contribution in [2.75, 3.05) is 24.4 Å². The van der Waals surface area contributed by atoms with Gasteiger partial charge in [-0.2, -0.15) is 0 Å². The third-order valence-electron chi connectivity index (χ3n) is 4.07. The number of nitrogens with one attached hydrogen (secondary N) is 2. The predicted molar refractivity (Wildman–Crippen MR) is 102 cm³/mol. The van der Waals surface area contributed by atoms with Gasteiger partial charge >= 0.3 is 0 Å². The Balaban J connectivity index is 1.44. The molecule has 0 radical (unpaired) electrons. The van der Waals surface area contributed by atoms with Gasteiger partial charge in [0.25, 0.3) is 5.91 Å². The van der Waals surface area contributed by atoms with Crippen LogP contribution >= 0.6 is 0 Å². The van der Waals surface area contributed by atoms with Crippen molar-refractivity contribution in [3.05, 3.63) is 42.5 Å². The fourth-order valence-corrected chi connectivity index (χ4v) is 2.60. The van der Waals surface area contributed by atoms with Gasteiger partial charge in [0.15, 0.2) is 6.10 Å². The molecule has 0 unspecified atom stereocenters. The van der Waals surface area contributed by atoms with E-state index in [2.05, 4.69) is 10.6 Å². The average molecular weight is 370 g/mol. The lowest BCUT2D eigenvalue weighted by atomic mass is 10.2. The summed E-state index contributed by atoms with van der Waals surface area (Å²) < 4.78 is 16.2. The van der Waals surface area contributed by atoms with Gasteiger partial charge in [0, 0.05) is 12.1 Å². The molecule has 1 aliphatic heterocycles. The molecule has 2 N–H and O–H groups in total. The van der Waals surface area contributed by atoms with Crippen LogP contribution in [-0.4, -0.2) is 31.6 Å². The molecule has 0 spiro atoms. The lowest BCUT2D eigenvalue weighted by molar-refractivity contribution is -0.122. The molecule has 2 amide bonds. The van der Waals surface area contributed by atoms with Crippen molar-refractivity contribution in [3.63, 3.8) is 0 Å². The van der Waals surface area contributed by atoms with E-state index < -0.39 is 6.10 Å². The first kappa shape index (κ1) is 18.6. The Hall–Kier alpha value is -3.22. The van der Waals surface area contributed by atoms with Crippen molar-refractivity contribution >= 4 is 23.2 Å². The number of hydrogen-bond acceptors (Lipinski definition) is 5. The molecule has 7 heteroatoms. The fraction of sp³-hybridized carbons (Fsp3) is 0.300. The minimum Gasteiger partial charge on any atom is -0.497 e. The Kier molecular flexibility index (Phi) is 5.80. The van der Waals surface area contributed by atoms with Gasteiger partial charge in [0.05, 0.1) is 19.4 Å². The number of amides is 2. The second-order valence-corrected chi connectivity index (χ2v) is 6.14. The highest BCUT2D eigenvalue weighted by Gasteiger charge is 2.23. The van der Waals surface area contributed by atoms with Crippen LogP contribution in [0.2, 0.25) is 0 Å². The molecule has 1 aliphatic rings. The van der Waals surface area contributed by atoms with Crippen molar-refractivity contribution in [3.8, 4) is 17.2 Å². The SMILES string of the molecule is COc1ccc(OCCCC(=O)Nc2ccc3c(c2)NC(=O)[C@H](C)O3)cc1. The number of carbonyl (C=O) groups excluding carboxylic acids is 2. The van der Waals surface area contributed by atoms with Crippen LogP contribution in [0.3, 0.4) is 0 Å². The molecule has 0 bridgehead atoms. The number of rotatable bonds is 7. The van der Waals surface area contributed by atoms with Crippen molar-refractivity contribution in [1.82, 2.24) is 0 Å². The van der Waals surface area contributed by atoms with Crippen LogP contribution in [0.25, 0.3) is 0 Å². The van der Waals surface area contributed by atoms with E-state index >= 15 is 0 Å². The summed E-state index contributed by atoms with van der Waals surface area (Å²) in [5.74, 6) is 1.76. The maximum atomic E-state index is 12.1. The smallest absolute Gasteiger partial charge is 0.265 e. The van der Waals surface area contributed by atoms with Crippen LogP contribution in [0.15, 0.2) is 42.5 Å². The largest absolute Gasteiger partial charge is 0.497 e. The number of fused-ring (bicyclic) bond motifs is 1. The van der Waals surface area contributed by atoms with Crippen molar-refractivity contribution in [1.29, 1.82) is 0 Å². The Labute approximate surface area is 157 Å². The number of methoxy groups -OCH3 is 1. The lowest BCUT2D eigenvalue weighted by Gasteiger charge is -2.23. The topological polar surface area (TPSA) is 85.9 Å². The van der Waals surface area contributed by atoms with E-state index in [0.717, 1.165) is 11.5 Å². The zero-order valence-electron chi connectivity index (χ0n) is 15.3. The zero-order valence-corrected chi connectivity index (χ0v) is 15.3. The Morgan fingerprint density at radius 3 is 2.67 bits per heavy atom. The molecule has 7 nitrogen and oxygen atoms in total. The summed E-state index contributed by atoms with van der Waals surface area (Å²) in [4.78, 5) is 23.8. The van der Waals surface area contributed by atoms with Crippen molar-refractivity contribution in [2.24, 2.45) is 0 Å². The third kappa shape index (κ3) is 4.91. The number of benzene rings is 2. The minimum atomic E-state index is -0.524. The molecule has 0 fully saturated rings. The van der Waals surface area contributed by atoms with Crippen molar-refractivity contribution in [2.45, 2.75) is 25.9 Å². The van der Waals surface area contributed by atoms with Gasteiger partial charge in [-0.3, -0.25) is 9.59 Å². The number of carbonyl (C=O) groups is 2. The lowest BCUT2D eigenvalue weighted by Crippen LogP contribution is -2.34. The third-order valence-corrected chi connectivity index (χ3v) is 4.07.